The Labute approximate surface area is 152 Å². The summed E-state index contributed by atoms with van der Waals surface area (Å²) in [5.41, 5.74) is 1.22. The number of sulfonamides is 1. The summed E-state index contributed by atoms with van der Waals surface area (Å²) in [4.78, 5) is 12.2. The van der Waals surface area contributed by atoms with E-state index in [1.807, 2.05) is 0 Å². The average molecular weight is 383 g/mol. The number of methoxy groups -OCH3 is 1. The highest BCUT2D eigenvalue weighted by atomic mass is 35.5. The summed E-state index contributed by atoms with van der Waals surface area (Å²) >= 11 is 5.80. The minimum absolute atomic E-state index is 0.0386. The molecular formula is C17H19ClN2O4S. The molecule has 0 radical (unpaired) electrons. The number of halogens is 1. The fraction of sp³-hybridized carbons (Fsp3) is 0.235. The minimum Gasteiger partial charge on any atom is -0.496 e. The van der Waals surface area contributed by atoms with Crippen LogP contribution in [0.1, 0.15) is 5.56 Å². The highest BCUT2D eigenvalue weighted by Gasteiger charge is 2.22. The van der Waals surface area contributed by atoms with Crippen molar-refractivity contribution in [1.29, 1.82) is 0 Å². The van der Waals surface area contributed by atoms with Crippen molar-refractivity contribution >= 4 is 33.2 Å². The lowest BCUT2D eigenvalue weighted by atomic mass is 10.2. The SMILES string of the molecule is COc1ccccc1CN(CC(=O)Nc1ccc(Cl)cc1)S(C)(=O)=O. The maximum atomic E-state index is 12.2. The zero-order valence-electron chi connectivity index (χ0n) is 13.9. The molecule has 0 aliphatic rings. The number of benzene rings is 2. The van der Waals surface area contributed by atoms with Crippen LogP contribution in [0.2, 0.25) is 5.02 Å². The first-order chi connectivity index (χ1) is 11.8. The molecule has 0 saturated heterocycles. The summed E-state index contributed by atoms with van der Waals surface area (Å²) in [6, 6.07) is 13.6. The van der Waals surface area contributed by atoms with Crippen LogP contribution in [0.3, 0.4) is 0 Å². The van der Waals surface area contributed by atoms with Crippen LogP contribution in [-0.4, -0.2) is 38.5 Å². The number of ether oxygens (including phenoxy) is 1. The molecule has 134 valence electrons. The number of hydrogen-bond donors (Lipinski definition) is 1. The molecule has 0 saturated carbocycles. The molecule has 0 heterocycles. The molecule has 0 aromatic heterocycles. The van der Waals surface area contributed by atoms with Gasteiger partial charge in [0, 0.05) is 22.8 Å². The third kappa shape index (κ3) is 5.74. The van der Waals surface area contributed by atoms with E-state index in [4.69, 9.17) is 16.3 Å². The van der Waals surface area contributed by atoms with Crippen molar-refractivity contribution < 1.29 is 17.9 Å². The highest BCUT2D eigenvalue weighted by Crippen LogP contribution is 2.20. The second kappa shape index (κ2) is 8.33. The number of amides is 1. The smallest absolute Gasteiger partial charge is 0.239 e. The standard InChI is InChI=1S/C17H19ClN2O4S/c1-24-16-6-4-3-5-13(16)11-20(25(2,22)23)12-17(21)19-15-9-7-14(18)8-10-15/h3-10H,11-12H2,1-2H3,(H,19,21). The van der Waals surface area contributed by atoms with Crippen molar-refractivity contribution in [2.24, 2.45) is 0 Å². The number of carbonyl (C=O) groups is 1. The Bertz CT molecular complexity index is 838. The van der Waals surface area contributed by atoms with Crippen molar-refractivity contribution in [2.45, 2.75) is 6.54 Å². The van der Waals surface area contributed by atoms with Gasteiger partial charge in [-0.3, -0.25) is 4.79 Å². The Morgan fingerprint density at radius 1 is 1.16 bits per heavy atom. The van der Waals surface area contributed by atoms with Crippen LogP contribution in [0.25, 0.3) is 0 Å². The van der Waals surface area contributed by atoms with Crippen molar-refractivity contribution in [3.63, 3.8) is 0 Å². The zero-order valence-corrected chi connectivity index (χ0v) is 15.5. The van der Waals surface area contributed by atoms with Crippen LogP contribution in [0, 0.1) is 0 Å². The fourth-order valence-corrected chi connectivity index (χ4v) is 3.06. The molecule has 0 atom stereocenters. The van der Waals surface area contributed by atoms with Crippen LogP contribution >= 0.6 is 11.6 Å². The Kier molecular flexibility index (Phi) is 6.41. The van der Waals surface area contributed by atoms with Gasteiger partial charge < -0.3 is 10.1 Å². The third-order valence-electron chi connectivity index (χ3n) is 3.46. The summed E-state index contributed by atoms with van der Waals surface area (Å²) in [5, 5.41) is 3.20. The molecule has 0 aliphatic heterocycles. The van der Waals surface area contributed by atoms with E-state index < -0.39 is 15.9 Å². The molecule has 8 heteroatoms. The largest absolute Gasteiger partial charge is 0.496 e. The van der Waals surface area contributed by atoms with Gasteiger partial charge in [-0.2, -0.15) is 4.31 Å². The first-order valence-corrected chi connectivity index (χ1v) is 9.64. The number of carbonyl (C=O) groups excluding carboxylic acids is 1. The summed E-state index contributed by atoms with van der Waals surface area (Å²) in [5.74, 6) is 0.122. The summed E-state index contributed by atoms with van der Waals surface area (Å²) in [6.07, 6.45) is 1.07. The molecule has 6 nitrogen and oxygen atoms in total. The Hall–Kier alpha value is -2.09. The van der Waals surface area contributed by atoms with Crippen molar-refractivity contribution in [1.82, 2.24) is 4.31 Å². The number of para-hydroxylation sites is 1. The number of hydrogen-bond acceptors (Lipinski definition) is 4. The minimum atomic E-state index is -3.59. The van der Waals surface area contributed by atoms with Gasteiger partial charge in [0.25, 0.3) is 0 Å². The quantitative estimate of drug-likeness (QED) is 0.798. The van der Waals surface area contributed by atoms with Crippen LogP contribution in [0.15, 0.2) is 48.5 Å². The van der Waals surface area contributed by atoms with Crippen molar-refractivity contribution in [2.75, 3.05) is 25.2 Å². The van der Waals surface area contributed by atoms with E-state index in [0.717, 1.165) is 10.6 Å². The van der Waals surface area contributed by atoms with E-state index in [-0.39, 0.29) is 13.1 Å². The van der Waals surface area contributed by atoms with Gasteiger partial charge in [0.1, 0.15) is 5.75 Å². The number of nitrogens with one attached hydrogen (secondary N) is 1. The summed E-state index contributed by atoms with van der Waals surface area (Å²) in [6.45, 7) is -0.267. The number of anilines is 1. The van der Waals surface area contributed by atoms with Crippen LogP contribution in [-0.2, 0) is 21.4 Å². The molecule has 1 amide bonds. The zero-order chi connectivity index (χ0) is 18.4. The second-order valence-corrected chi connectivity index (χ2v) is 7.82. The Morgan fingerprint density at radius 3 is 2.40 bits per heavy atom. The maximum absolute atomic E-state index is 12.2. The van der Waals surface area contributed by atoms with E-state index in [0.29, 0.717) is 22.0 Å². The lowest BCUT2D eigenvalue weighted by Gasteiger charge is -2.20. The van der Waals surface area contributed by atoms with E-state index >= 15 is 0 Å². The lowest BCUT2D eigenvalue weighted by molar-refractivity contribution is -0.116. The molecule has 2 aromatic carbocycles. The fourth-order valence-electron chi connectivity index (χ4n) is 2.21. The number of nitrogens with zero attached hydrogens (tertiary/aromatic N) is 1. The molecule has 1 N–H and O–H groups in total. The normalized spacial score (nSPS) is 11.4. The van der Waals surface area contributed by atoms with Gasteiger partial charge in [-0.25, -0.2) is 8.42 Å². The molecule has 0 spiro atoms. The van der Waals surface area contributed by atoms with Gasteiger partial charge in [-0.05, 0) is 30.3 Å². The van der Waals surface area contributed by atoms with Crippen LogP contribution in [0.5, 0.6) is 5.75 Å². The van der Waals surface area contributed by atoms with Gasteiger partial charge in [0.15, 0.2) is 0 Å². The van der Waals surface area contributed by atoms with E-state index in [2.05, 4.69) is 5.32 Å². The topological polar surface area (TPSA) is 75.7 Å². The Morgan fingerprint density at radius 2 is 1.80 bits per heavy atom. The monoisotopic (exact) mass is 382 g/mol. The second-order valence-electron chi connectivity index (χ2n) is 5.40. The van der Waals surface area contributed by atoms with Crippen molar-refractivity contribution in [3.05, 3.63) is 59.1 Å². The molecule has 2 aromatic rings. The molecule has 0 fully saturated rings. The van der Waals surface area contributed by atoms with Gasteiger partial charge >= 0.3 is 0 Å². The van der Waals surface area contributed by atoms with Crippen LogP contribution in [0.4, 0.5) is 5.69 Å². The van der Waals surface area contributed by atoms with E-state index in [1.165, 1.54) is 7.11 Å². The van der Waals surface area contributed by atoms with Gasteiger partial charge in [0.05, 0.1) is 19.9 Å². The highest BCUT2D eigenvalue weighted by molar-refractivity contribution is 7.88. The van der Waals surface area contributed by atoms with Gasteiger partial charge in [0.2, 0.25) is 15.9 Å². The van der Waals surface area contributed by atoms with Crippen LogP contribution < -0.4 is 10.1 Å². The first-order valence-electron chi connectivity index (χ1n) is 7.42. The molecule has 0 unspecified atom stereocenters. The molecule has 25 heavy (non-hydrogen) atoms. The Balaban J connectivity index is 2.12. The number of rotatable bonds is 7. The third-order valence-corrected chi connectivity index (χ3v) is 4.90. The average Bonchev–Trinajstić information content (AvgIpc) is 2.56. The molecule has 2 rings (SSSR count). The first kappa shape index (κ1) is 19.2. The summed E-state index contributed by atoms with van der Waals surface area (Å²) in [7, 11) is -2.08. The summed E-state index contributed by atoms with van der Waals surface area (Å²) < 4.78 is 30.4. The van der Waals surface area contributed by atoms with Gasteiger partial charge in [-0.15, -0.1) is 0 Å². The molecular weight excluding hydrogens is 364 g/mol. The van der Waals surface area contributed by atoms with Crippen molar-refractivity contribution in [3.8, 4) is 5.75 Å². The predicted octanol–water partition coefficient (Wildman–Crippen LogP) is 2.75. The molecule has 0 aliphatic carbocycles. The lowest BCUT2D eigenvalue weighted by Crippen LogP contribution is -2.37. The van der Waals surface area contributed by atoms with E-state index in [1.54, 1.807) is 48.5 Å². The predicted molar refractivity (Wildman–Crippen MR) is 98.3 cm³/mol. The van der Waals surface area contributed by atoms with E-state index in [9.17, 15) is 13.2 Å². The maximum Gasteiger partial charge on any atom is 0.239 e. The van der Waals surface area contributed by atoms with Gasteiger partial charge in [-0.1, -0.05) is 29.8 Å². The molecule has 0 bridgehead atoms.